The van der Waals surface area contributed by atoms with Crippen LogP contribution in [0.25, 0.3) is 0 Å². The van der Waals surface area contributed by atoms with Gasteiger partial charge in [-0.05, 0) is 48.4 Å². The van der Waals surface area contributed by atoms with E-state index in [2.05, 4.69) is 10.6 Å². The van der Waals surface area contributed by atoms with E-state index in [4.69, 9.17) is 43.2 Å². The molecule has 0 spiro atoms. The van der Waals surface area contributed by atoms with Crippen LogP contribution in [-0.2, 0) is 30.1 Å². The monoisotopic (exact) mass is 734 g/mol. The normalized spacial score (nSPS) is 21.6. The summed E-state index contributed by atoms with van der Waals surface area (Å²) in [5.41, 5.74) is 5.55. The number of hydrogen-bond donors (Lipinski definition) is 3. The summed E-state index contributed by atoms with van der Waals surface area (Å²) in [6.07, 6.45) is 0. The van der Waals surface area contributed by atoms with Gasteiger partial charge >= 0.3 is 0 Å². The number of ether oxygens (including phenoxy) is 2. The van der Waals surface area contributed by atoms with Gasteiger partial charge in [0.15, 0.2) is 5.66 Å². The average Bonchev–Trinajstić information content (AvgIpc) is 3.49. The van der Waals surface area contributed by atoms with Crippen LogP contribution in [0.4, 0.5) is 0 Å². The molecule has 2 aliphatic heterocycles. The van der Waals surface area contributed by atoms with E-state index >= 15 is 4.79 Å². The number of hydroxylamine groups is 1. The van der Waals surface area contributed by atoms with Crippen LogP contribution in [0.3, 0.4) is 0 Å². The van der Waals surface area contributed by atoms with Gasteiger partial charge in [0.2, 0.25) is 5.91 Å². The van der Waals surface area contributed by atoms with Gasteiger partial charge in [-0.1, -0.05) is 51.9 Å². The second-order valence-electron chi connectivity index (χ2n) is 11.7. The van der Waals surface area contributed by atoms with Gasteiger partial charge in [-0.3, -0.25) is 30.0 Å². The lowest BCUT2D eigenvalue weighted by atomic mass is 9.95. The molecule has 5 rings (SSSR count). The summed E-state index contributed by atoms with van der Waals surface area (Å²) in [5.74, 6) is -0.608. The van der Waals surface area contributed by atoms with Gasteiger partial charge < -0.3 is 20.1 Å². The summed E-state index contributed by atoms with van der Waals surface area (Å²) < 4.78 is 40.0. The molecule has 0 bridgehead atoms. The molecule has 2 saturated heterocycles. The molecule has 2 amide bonds. The van der Waals surface area contributed by atoms with Crippen molar-refractivity contribution in [3.63, 3.8) is 0 Å². The number of halogens is 2. The maximum Gasteiger partial charge on any atom is 0.268 e. The molecule has 3 atom stereocenters. The number of carbonyl (C=O) groups is 2. The highest BCUT2D eigenvalue weighted by Crippen LogP contribution is 2.47. The van der Waals surface area contributed by atoms with Crippen LogP contribution in [0.2, 0.25) is 10.0 Å². The molecule has 264 valence electrons. The zero-order valence-electron chi connectivity index (χ0n) is 27.6. The number of carbonyl (C=O) groups excluding carboxylic acids is 2. The number of benzene rings is 3. The second kappa shape index (κ2) is 15.2. The van der Waals surface area contributed by atoms with Crippen molar-refractivity contribution < 1.29 is 32.3 Å². The van der Waals surface area contributed by atoms with E-state index in [9.17, 15) is 13.2 Å². The summed E-state index contributed by atoms with van der Waals surface area (Å²) >= 11 is 12.5. The molecule has 0 radical (unpaired) electrons. The van der Waals surface area contributed by atoms with E-state index in [1.807, 2.05) is 29.2 Å². The molecule has 13 nitrogen and oxygen atoms in total. The van der Waals surface area contributed by atoms with Crippen LogP contribution in [0.15, 0.2) is 65.6 Å². The quantitative estimate of drug-likeness (QED) is 0.237. The van der Waals surface area contributed by atoms with Gasteiger partial charge in [0.1, 0.15) is 16.4 Å². The first kappa shape index (κ1) is 36.8. The lowest BCUT2D eigenvalue weighted by Gasteiger charge is -2.40. The average molecular weight is 736 g/mol. The Labute approximate surface area is 296 Å². The van der Waals surface area contributed by atoms with Gasteiger partial charge in [0.25, 0.3) is 15.9 Å². The Balaban J connectivity index is 1.74. The number of methoxy groups -OCH3 is 1. The van der Waals surface area contributed by atoms with Crippen LogP contribution in [-0.4, -0.2) is 95.1 Å². The van der Waals surface area contributed by atoms with Crippen LogP contribution in [0, 0.1) is 0 Å². The molecule has 3 aromatic rings. The van der Waals surface area contributed by atoms with Crippen molar-refractivity contribution in [2.24, 2.45) is 5.73 Å². The third-order valence-electron chi connectivity index (χ3n) is 8.74. The molecular formula is C33H40Cl2N6O7S. The van der Waals surface area contributed by atoms with Gasteiger partial charge in [0, 0.05) is 54.9 Å². The van der Waals surface area contributed by atoms with E-state index in [-0.39, 0.29) is 54.1 Å². The van der Waals surface area contributed by atoms with Crippen LogP contribution in [0.5, 0.6) is 11.5 Å². The van der Waals surface area contributed by atoms with Crippen molar-refractivity contribution in [2.75, 3.05) is 60.6 Å². The van der Waals surface area contributed by atoms with Crippen molar-refractivity contribution in [1.29, 1.82) is 0 Å². The Bertz CT molecular complexity index is 1720. The van der Waals surface area contributed by atoms with Crippen molar-refractivity contribution in [2.45, 2.75) is 29.6 Å². The molecule has 3 aromatic carbocycles. The fraction of sp³-hybridized carbons (Fsp3) is 0.394. The second-order valence-corrected chi connectivity index (χ2v) is 14.4. The van der Waals surface area contributed by atoms with E-state index in [0.29, 0.717) is 27.6 Å². The third kappa shape index (κ3) is 7.51. The first-order valence-corrected chi connectivity index (χ1v) is 17.8. The highest BCUT2D eigenvalue weighted by Gasteiger charge is 2.55. The minimum Gasteiger partial charge on any atom is -0.495 e. The minimum absolute atomic E-state index is 0.000245. The molecule has 16 heteroatoms. The molecular weight excluding hydrogens is 695 g/mol. The third-order valence-corrected chi connectivity index (χ3v) is 10.9. The molecule has 0 saturated carbocycles. The number of piperazine rings is 1. The van der Waals surface area contributed by atoms with E-state index in [1.165, 1.54) is 33.4 Å². The maximum atomic E-state index is 15.2. The van der Waals surface area contributed by atoms with Gasteiger partial charge in [-0.25, -0.2) is 8.42 Å². The van der Waals surface area contributed by atoms with E-state index < -0.39 is 33.7 Å². The zero-order valence-corrected chi connectivity index (χ0v) is 29.9. The number of primary amides is 1. The fourth-order valence-corrected chi connectivity index (χ4v) is 7.62. The Kier molecular flexibility index (Phi) is 11.4. The lowest BCUT2D eigenvalue weighted by molar-refractivity contribution is -0.141. The fourth-order valence-electron chi connectivity index (χ4n) is 6.23. The maximum absolute atomic E-state index is 15.2. The number of nitrogens with zero attached hydrogens (tertiary/aromatic N) is 3. The van der Waals surface area contributed by atoms with Crippen LogP contribution >= 0.6 is 23.2 Å². The molecule has 49 heavy (non-hydrogen) atoms. The van der Waals surface area contributed by atoms with Crippen molar-refractivity contribution in [3.8, 4) is 11.5 Å². The lowest BCUT2D eigenvalue weighted by Crippen LogP contribution is -2.62. The van der Waals surface area contributed by atoms with E-state index in [0.717, 1.165) is 11.1 Å². The molecule has 0 aromatic heterocycles. The highest BCUT2D eigenvalue weighted by molar-refractivity contribution is 7.89. The summed E-state index contributed by atoms with van der Waals surface area (Å²) in [7, 11) is -0.440. The Morgan fingerprint density at radius 3 is 1.90 bits per heavy atom. The van der Waals surface area contributed by atoms with Crippen LogP contribution < -0.4 is 25.8 Å². The number of nitrogens with one attached hydrogen (secondary N) is 2. The molecule has 2 heterocycles. The molecule has 2 aliphatic rings. The highest BCUT2D eigenvalue weighted by atomic mass is 35.5. The molecule has 1 unspecified atom stereocenters. The number of rotatable bonds is 12. The van der Waals surface area contributed by atoms with Crippen LogP contribution in [0.1, 0.15) is 35.7 Å². The number of hydrogen-bond acceptors (Lipinski definition) is 10. The summed E-state index contributed by atoms with van der Waals surface area (Å²) in [4.78, 5) is 35.2. The molecule has 2 fully saturated rings. The zero-order chi connectivity index (χ0) is 35.5. The van der Waals surface area contributed by atoms with Gasteiger partial charge in [-0.15, -0.1) is 0 Å². The SMILES string of the molecule is CCOc1cc(OC)c(S(=O)(=O)N(C)OC)cc1C1(C(=O)N2CCN(CC(N)=O)CC2)N[C@H](c2ccc(Cl)cc2)[C@H](c2ccc(Cl)cc2)N1. The van der Waals surface area contributed by atoms with E-state index in [1.54, 1.807) is 36.1 Å². The standard InChI is InChI=1S/C33H40Cl2N6O7S/c1-5-48-26-19-27(46-3)28(49(44,45)39(2)47-4)18-25(26)33(32(43)41-16-14-40(15-17-41)20-29(36)42)37-30(21-6-10-23(34)11-7-21)31(38-33)22-8-12-24(35)13-9-22/h6-13,18-19,30-31,37-38H,5,14-17,20H2,1-4H3,(H2,36,42)/t30-,31+,33?. The predicted molar refractivity (Wildman–Crippen MR) is 185 cm³/mol. The van der Waals surface area contributed by atoms with Gasteiger partial charge in [0.05, 0.1) is 39.5 Å². The first-order chi connectivity index (χ1) is 23.3. The molecule has 0 aliphatic carbocycles. The number of nitrogens with two attached hydrogens (primary N) is 1. The smallest absolute Gasteiger partial charge is 0.268 e. The molecule has 4 N–H and O–H groups in total. The summed E-state index contributed by atoms with van der Waals surface area (Å²) in [6.45, 7) is 3.45. The Morgan fingerprint density at radius 1 is 0.918 bits per heavy atom. The number of amides is 2. The largest absolute Gasteiger partial charge is 0.495 e. The Morgan fingerprint density at radius 2 is 1.45 bits per heavy atom. The van der Waals surface area contributed by atoms with Crippen molar-refractivity contribution in [3.05, 3.63) is 87.4 Å². The Hall–Kier alpha value is -3.47. The minimum atomic E-state index is -4.28. The van der Waals surface area contributed by atoms with Crippen molar-refractivity contribution >= 4 is 45.0 Å². The van der Waals surface area contributed by atoms with Crippen molar-refractivity contribution in [1.82, 2.24) is 24.9 Å². The number of sulfonamides is 1. The first-order valence-electron chi connectivity index (χ1n) is 15.6. The summed E-state index contributed by atoms with van der Waals surface area (Å²) in [6, 6.07) is 16.3. The predicted octanol–water partition coefficient (Wildman–Crippen LogP) is 3.04. The topological polar surface area (TPSA) is 156 Å². The summed E-state index contributed by atoms with van der Waals surface area (Å²) in [5, 5.41) is 8.27. The van der Waals surface area contributed by atoms with Gasteiger partial charge in [-0.2, -0.15) is 0 Å².